The Morgan fingerprint density at radius 2 is 1.94 bits per heavy atom. The number of benzene rings is 1. The van der Waals surface area contributed by atoms with E-state index in [1.54, 1.807) is 31.2 Å². The zero-order valence-electron chi connectivity index (χ0n) is 18.6. The summed E-state index contributed by atoms with van der Waals surface area (Å²) in [7, 11) is 1.22. The lowest BCUT2D eigenvalue weighted by molar-refractivity contribution is -0.113. The van der Waals surface area contributed by atoms with E-state index in [0.717, 1.165) is 11.3 Å². The molecule has 3 rings (SSSR count). The minimum atomic E-state index is -0.688. The Morgan fingerprint density at radius 3 is 2.56 bits per heavy atom. The number of thioether (sulfide) groups is 1. The summed E-state index contributed by atoms with van der Waals surface area (Å²) in [6.45, 7) is 4.28. The molecular weight excluding hydrogens is 502 g/mol. The Balaban J connectivity index is 1.66. The molecule has 34 heavy (non-hydrogen) atoms. The van der Waals surface area contributed by atoms with E-state index in [2.05, 4.69) is 15.5 Å². The van der Waals surface area contributed by atoms with E-state index < -0.39 is 17.8 Å². The number of esters is 1. The Kier molecular flexibility index (Phi) is 8.53. The minimum Gasteiger partial charge on any atom is -0.486 e. The predicted molar refractivity (Wildman–Crippen MR) is 130 cm³/mol. The van der Waals surface area contributed by atoms with Crippen molar-refractivity contribution in [2.45, 2.75) is 32.2 Å². The second kappa shape index (κ2) is 11.4. The summed E-state index contributed by atoms with van der Waals surface area (Å²) < 4.78 is 12.4. The summed E-state index contributed by atoms with van der Waals surface area (Å²) in [5.41, 5.74) is 5.85. The summed E-state index contributed by atoms with van der Waals surface area (Å²) >= 11 is 8.00. The van der Waals surface area contributed by atoms with Crippen LogP contribution in [0.2, 0.25) is 5.02 Å². The molecule has 3 aromatic rings. The van der Waals surface area contributed by atoms with Gasteiger partial charge in [-0.05, 0) is 43.7 Å². The van der Waals surface area contributed by atoms with Crippen LogP contribution in [0.3, 0.4) is 0 Å². The average molecular weight is 524 g/mol. The van der Waals surface area contributed by atoms with Gasteiger partial charge < -0.3 is 25.1 Å². The predicted octanol–water partition coefficient (Wildman–Crippen LogP) is 3.52. The summed E-state index contributed by atoms with van der Waals surface area (Å²) in [5, 5.41) is 12.3. The smallest absolute Gasteiger partial charge is 0.341 e. The molecule has 1 aromatic carbocycles. The lowest BCUT2D eigenvalue weighted by Crippen LogP contribution is -2.16. The molecule has 0 aliphatic carbocycles. The van der Waals surface area contributed by atoms with Crippen LogP contribution in [0.25, 0.3) is 0 Å². The third kappa shape index (κ3) is 5.88. The van der Waals surface area contributed by atoms with Gasteiger partial charge in [0.05, 0.1) is 23.3 Å². The van der Waals surface area contributed by atoms with Gasteiger partial charge in [0, 0.05) is 11.6 Å². The fourth-order valence-corrected chi connectivity index (χ4v) is 5.02. The Labute approximate surface area is 208 Å². The molecule has 2 heterocycles. The maximum Gasteiger partial charge on any atom is 0.341 e. The Morgan fingerprint density at radius 1 is 1.24 bits per heavy atom. The molecule has 0 bridgehead atoms. The third-order valence-electron chi connectivity index (χ3n) is 4.64. The molecule has 180 valence electrons. The molecule has 2 amide bonds. The standard InChI is InChI=1S/C21H22ClN5O5S2/c1-4-27-14(9-32-13-7-5-12(22)6-8-13)25-26-21(27)33-10-15(28)24-19-16(20(30)31-3)11(2)17(34-19)18(23)29/h5-8H,4,9-10H2,1-3H3,(H2,23,29)(H,24,28). The van der Waals surface area contributed by atoms with Crippen molar-refractivity contribution in [3.8, 4) is 5.75 Å². The average Bonchev–Trinajstić information content (AvgIpc) is 3.36. The van der Waals surface area contributed by atoms with Crippen molar-refractivity contribution in [3.63, 3.8) is 0 Å². The minimum absolute atomic E-state index is 0.000357. The molecule has 0 aliphatic rings. The van der Waals surface area contributed by atoms with Gasteiger partial charge in [-0.25, -0.2) is 4.79 Å². The molecule has 13 heteroatoms. The number of primary amides is 1. The van der Waals surface area contributed by atoms with Crippen LogP contribution in [0.4, 0.5) is 5.00 Å². The first kappa shape index (κ1) is 25.5. The zero-order valence-corrected chi connectivity index (χ0v) is 21.0. The molecule has 0 fully saturated rings. The highest BCUT2D eigenvalue weighted by atomic mass is 35.5. The van der Waals surface area contributed by atoms with Crippen LogP contribution in [0, 0.1) is 6.92 Å². The number of methoxy groups -OCH3 is 1. The molecule has 3 N–H and O–H groups in total. The van der Waals surface area contributed by atoms with Gasteiger partial charge >= 0.3 is 5.97 Å². The normalized spacial score (nSPS) is 10.7. The maximum atomic E-state index is 12.6. The molecule has 0 radical (unpaired) electrons. The van der Waals surface area contributed by atoms with Crippen molar-refractivity contribution in [3.05, 3.63) is 51.1 Å². The van der Waals surface area contributed by atoms with E-state index in [1.807, 2.05) is 11.5 Å². The number of carbonyl (C=O) groups excluding carboxylic acids is 3. The number of ether oxygens (including phenoxy) is 2. The van der Waals surface area contributed by atoms with Crippen LogP contribution in [0.15, 0.2) is 29.4 Å². The monoisotopic (exact) mass is 523 g/mol. The Bertz CT molecular complexity index is 1210. The highest BCUT2D eigenvalue weighted by Crippen LogP contribution is 2.33. The first-order valence-corrected chi connectivity index (χ1v) is 12.2. The van der Waals surface area contributed by atoms with E-state index in [4.69, 9.17) is 26.8 Å². The van der Waals surface area contributed by atoms with Crippen molar-refractivity contribution in [2.75, 3.05) is 18.2 Å². The lowest BCUT2D eigenvalue weighted by Gasteiger charge is -2.09. The largest absolute Gasteiger partial charge is 0.486 e. The number of aromatic nitrogens is 3. The lowest BCUT2D eigenvalue weighted by atomic mass is 10.1. The van der Waals surface area contributed by atoms with Crippen LogP contribution < -0.4 is 15.8 Å². The number of anilines is 1. The number of halogens is 1. The van der Waals surface area contributed by atoms with Gasteiger partial charge in [0.2, 0.25) is 5.91 Å². The number of amides is 2. The molecule has 0 saturated heterocycles. The van der Waals surface area contributed by atoms with Crippen LogP contribution in [0.5, 0.6) is 5.75 Å². The molecule has 0 atom stereocenters. The summed E-state index contributed by atoms with van der Waals surface area (Å²) in [4.78, 5) is 36.6. The van der Waals surface area contributed by atoms with E-state index >= 15 is 0 Å². The number of hydrogen-bond donors (Lipinski definition) is 2. The van der Waals surface area contributed by atoms with Crippen molar-refractivity contribution >= 4 is 57.5 Å². The van der Waals surface area contributed by atoms with Crippen LogP contribution in [0.1, 0.15) is 38.3 Å². The van der Waals surface area contributed by atoms with Gasteiger partial charge in [-0.15, -0.1) is 21.5 Å². The van der Waals surface area contributed by atoms with Crippen molar-refractivity contribution < 1.29 is 23.9 Å². The molecule has 0 aliphatic heterocycles. The van der Waals surface area contributed by atoms with Gasteiger partial charge in [0.15, 0.2) is 11.0 Å². The highest BCUT2D eigenvalue weighted by molar-refractivity contribution is 7.99. The fourth-order valence-electron chi connectivity index (χ4n) is 3.01. The van der Waals surface area contributed by atoms with Crippen LogP contribution in [-0.4, -0.2) is 45.4 Å². The summed E-state index contributed by atoms with van der Waals surface area (Å²) in [5.74, 6) is -0.497. The van der Waals surface area contributed by atoms with E-state index in [-0.39, 0.29) is 27.8 Å². The first-order chi connectivity index (χ1) is 16.2. The summed E-state index contributed by atoms with van der Waals surface area (Å²) in [6.07, 6.45) is 0. The van der Waals surface area contributed by atoms with Gasteiger partial charge in [-0.3, -0.25) is 9.59 Å². The number of rotatable bonds is 10. The SMILES string of the molecule is CCn1c(COc2ccc(Cl)cc2)nnc1SCC(=O)Nc1sc(C(N)=O)c(C)c1C(=O)OC. The van der Waals surface area contributed by atoms with Crippen LogP contribution >= 0.6 is 34.7 Å². The quantitative estimate of drug-likeness (QED) is 0.304. The maximum absolute atomic E-state index is 12.6. The second-order valence-corrected chi connectivity index (χ2v) is 9.24. The van der Waals surface area contributed by atoms with Gasteiger partial charge in [-0.2, -0.15) is 0 Å². The number of carbonyl (C=O) groups is 3. The molecule has 2 aromatic heterocycles. The van der Waals surface area contributed by atoms with Crippen LogP contribution in [-0.2, 0) is 22.7 Å². The Hall–Kier alpha value is -3.09. The van der Waals surface area contributed by atoms with E-state index in [1.165, 1.54) is 18.9 Å². The van der Waals surface area contributed by atoms with Crippen molar-refractivity contribution in [1.82, 2.24) is 14.8 Å². The first-order valence-electron chi connectivity index (χ1n) is 9.99. The molecule has 0 spiro atoms. The number of thiophene rings is 1. The number of nitrogens with zero attached hydrogens (tertiary/aromatic N) is 3. The van der Waals surface area contributed by atoms with Crippen molar-refractivity contribution in [2.24, 2.45) is 5.73 Å². The van der Waals surface area contributed by atoms with Gasteiger partial charge in [0.1, 0.15) is 17.4 Å². The van der Waals surface area contributed by atoms with E-state index in [0.29, 0.717) is 33.9 Å². The number of nitrogens with two attached hydrogens (primary N) is 1. The number of nitrogens with one attached hydrogen (secondary N) is 1. The fraction of sp³-hybridized carbons (Fsp3) is 0.286. The highest BCUT2D eigenvalue weighted by Gasteiger charge is 2.25. The van der Waals surface area contributed by atoms with Crippen molar-refractivity contribution in [1.29, 1.82) is 0 Å². The molecular formula is C21H22ClN5O5S2. The summed E-state index contributed by atoms with van der Waals surface area (Å²) in [6, 6.07) is 6.98. The third-order valence-corrected chi connectivity index (χ3v) is 7.08. The molecule has 0 saturated carbocycles. The van der Waals surface area contributed by atoms with Gasteiger partial charge in [-0.1, -0.05) is 23.4 Å². The number of hydrogen-bond acceptors (Lipinski definition) is 9. The molecule has 10 nitrogen and oxygen atoms in total. The topological polar surface area (TPSA) is 138 Å². The zero-order chi connectivity index (χ0) is 24.8. The van der Waals surface area contributed by atoms with E-state index in [9.17, 15) is 14.4 Å². The molecule has 0 unspecified atom stereocenters. The van der Waals surface area contributed by atoms with Gasteiger partial charge in [0.25, 0.3) is 5.91 Å². The second-order valence-electron chi connectivity index (χ2n) is 6.84.